The van der Waals surface area contributed by atoms with E-state index >= 15 is 0 Å². The van der Waals surface area contributed by atoms with Crippen LogP contribution in [-0.4, -0.2) is 16.3 Å². The first kappa shape index (κ1) is 13.8. The number of rotatable bonds is 6. The van der Waals surface area contributed by atoms with E-state index in [9.17, 15) is 0 Å². The van der Waals surface area contributed by atoms with Gasteiger partial charge in [-0.05, 0) is 37.1 Å². The van der Waals surface area contributed by atoms with Crippen LogP contribution < -0.4 is 5.32 Å². The van der Waals surface area contributed by atoms with Crippen molar-refractivity contribution in [1.29, 1.82) is 0 Å². The molecule has 3 heteroatoms. The second-order valence-corrected chi connectivity index (χ2v) is 4.83. The summed E-state index contributed by atoms with van der Waals surface area (Å²) in [5.41, 5.74) is 3.90. The molecule has 0 aliphatic heterocycles. The minimum Gasteiger partial charge on any atom is -0.305 e. The van der Waals surface area contributed by atoms with Gasteiger partial charge in [0.15, 0.2) is 0 Å². The molecule has 2 rings (SSSR count). The van der Waals surface area contributed by atoms with Crippen molar-refractivity contribution in [3.63, 3.8) is 0 Å². The van der Waals surface area contributed by atoms with Gasteiger partial charge < -0.3 is 5.32 Å². The first-order chi connectivity index (χ1) is 9.27. The summed E-state index contributed by atoms with van der Waals surface area (Å²) < 4.78 is 2.11. The SMILES string of the molecule is CCCn1nccc1C(NCC)c1ccccc1C. The van der Waals surface area contributed by atoms with E-state index in [1.165, 1.54) is 16.8 Å². The van der Waals surface area contributed by atoms with Crippen LogP contribution in [0.2, 0.25) is 0 Å². The van der Waals surface area contributed by atoms with Crippen LogP contribution in [0.4, 0.5) is 0 Å². The topological polar surface area (TPSA) is 29.9 Å². The number of aryl methyl sites for hydroxylation is 2. The summed E-state index contributed by atoms with van der Waals surface area (Å²) in [6.45, 7) is 8.40. The molecule has 19 heavy (non-hydrogen) atoms. The summed E-state index contributed by atoms with van der Waals surface area (Å²) in [7, 11) is 0. The van der Waals surface area contributed by atoms with Crippen molar-refractivity contribution in [2.45, 2.75) is 39.8 Å². The van der Waals surface area contributed by atoms with Gasteiger partial charge >= 0.3 is 0 Å². The lowest BCUT2D eigenvalue weighted by molar-refractivity contribution is 0.519. The van der Waals surface area contributed by atoms with E-state index in [0.717, 1.165) is 19.5 Å². The summed E-state index contributed by atoms with van der Waals surface area (Å²) in [4.78, 5) is 0. The Morgan fingerprint density at radius 3 is 2.68 bits per heavy atom. The average molecular weight is 257 g/mol. The molecule has 1 N–H and O–H groups in total. The zero-order valence-electron chi connectivity index (χ0n) is 12.1. The lowest BCUT2D eigenvalue weighted by atomic mass is 9.98. The van der Waals surface area contributed by atoms with Crippen LogP contribution in [0, 0.1) is 6.92 Å². The normalized spacial score (nSPS) is 12.6. The molecule has 1 atom stereocenters. The Morgan fingerprint density at radius 1 is 1.21 bits per heavy atom. The van der Waals surface area contributed by atoms with Gasteiger partial charge in [-0.15, -0.1) is 0 Å². The van der Waals surface area contributed by atoms with Crippen molar-refractivity contribution in [1.82, 2.24) is 15.1 Å². The van der Waals surface area contributed by atoms with Crippen molar-refractivity contribution >= 4 is 0 Å². The van der Waals surface area contributed by atoms with Crippen LogP contribution in [0.1, 0.15) is 43.1 Å². The number of nitrogens with zero attached hydrogens (tertiary/aromatic N) is 2. The summed E-state index contributed by atoms with van der Waals surface area (Å²) in [5, 5.41) is 8.02. The van der Waals surface area contributed by atoms with Crippen molar-refractivity contribution in [2.24, 2.45) is 0 Å². The predicted molar refractivity (Wildman–Crippen MR) is 79.2 cm³/mol. The van der Waals surface area contributed by atoms with Crippen molar-refractivity contribution in [3.05, 3.63) is 53.3 Å². The van der Waals surface area contributed by atoms with Gasteiger partial charge in [-0.1, -0.05) is 38.1 Å². The Hall–Kier alpha value is -1.61. The summed E-state index contributed by atoms with van der Waals surface area (Å²) in [6.07, 6.45) is 2.99. The first-order valence-corrected chi connectivity index (χ1v) is 7.08. The van der Waals surface area contributed by atoms with E-state index in [0.29, 0.717) is 0 Å². The molecule has 3 nitrogen and oxygen atoms in total. The zero-order valence-corrected chi connectivity index (χ0v) is 12.1. The van der Waals surface area contributed by atoms with Crippen LogP contribution in [0.3, 0.4) is 0 Å². The average Bonchev–Trinajstić information content (AvgIpc) is 2.86. The van der Waals surface area contributed by atoms with Gasteiger partial charge in [-0.2, -0.15) is 5.10 Å². The van der Waals surface area contributed by atoms with E-state index < -0.39 is 0 Å². The quantitative estimate of drug-likeness (QED) is 0.860. The van der Waals surface area contributed by atoms with Gasteiger partial charge in [0.2, 0.25) is 0 Å². The molecule has 0 saturated heterocycles. The minimum atomic E-state index is 0.222. The second kappa shape index (κ2) is 6.53. The second-order valence-electron chi connectivity index (χ2n) is 4.83. The first-order valence-electron chi connectivity index (χ1n) is 7.08. The van der Waals surface area contributed by atoms with E-state index in [-0.39, 0.29) is 6.04 Å². The third kappa shape index (κ3) is 3.04. The highest BCUT2D eigenvalue weighted by Gasteiger charge is 2.18. The highest BCUT2D eigenvalue weighted by Crippen LogP contribution is 2.24. The molecule has 0 saturated carbocycles. The Labute approximate surface area is 115 Å². The van der Waals surface area contributed by atoms with Gasteiger partial charge in [0.05, 0.1) is 11.7 Å². The maximum Gasteiger partial charge on any atom is 0.0750 e. The maximum absolute atomic E-state index is 4.44. The van der Waals surface area contributed by atoms with Gasteiger partial charge in [0.1, 0.15) is 0 Å². The fraction of sp³-hybridized carbons (Fsp3) is 0.438. The summed E-state index contributed by atoms with van der Waals surface area (Å²) in [5.74, 6) is 0. The fourth-order valence-electron chi connectivity index (χ4n) is 2.48. The molecule has 1 aromatic heterocycles. The van der Waals surface area contributed by atoms with E-state index in [1.54, 1.807) is 0 Å². The minimum absolute atomic E-state index is 0.222. The summed E-state index contributed by atoms with van der Waals surface area (Å²) >= 11 is 0. The zero-order chi connectivity index (χ0) is 13.7. The molecule has 1 heterocycles. The Balaban J connectivity index is 2.40. The molecule has 0 aliphatic carbocycles. The van der Waals surface area contributed by atoms with Gasteiger partial charge in [0, 0.05) is 12.7 Å². The van der Waals surface area contributed by atoms with Crippen LogP contribution in [0.15, 0.2) is 36.5 Å². The Morgan fingerprint density at radius 2 is 2.00 bits per heavy atom. The van der Waals surface area contributed by atoms with Crippen LogP contribution in [-0.2, 0) is 6.54 Å². The molecule has 0 spiro atoms. The standard InChI is InChI=1S/C16H23N3/c1-4-12-19-15(10-11-18-19)16(17-5-2)14-9-7-6-8-13(14)3/h6-11,16-17H,4-5,12H2,1-3H3. The molecular formula is C16H23N3. The van der Waals surface area contributed by atoms with Crippen LogP contribution in [0.5, 0.6) is 0 Å². The lowest BCUT2D eigenvalue weighted by Gasteiger charge is -2.21. The smallest absolute Gasteiger partial charge is 0.0750 e. The van der Waals surface area contributed by atoms with Gasteiger partial charge in [-0.3, -0.25) is 4.68 Å². The molecule has 0 fully saturated rings. The monoisotopic (exact) mass is 257 g/mol. The van der Waals surface area contributed by atoms with Gasteiger partial charge in [-0.25, -0.2) is 0 Å². The largest absolute Gasteiger partial charge is 0.305 e. The number of aromatic nitrogens is 2. The highest BCUT2D eigenvalue weighted by atomic mass is 15.3. The third-order valence-electron chi connectivity index (χ3n) is 3.39. The van der Waals surface area contributed by atoms with Crippen molar-refractivity contribution in [2.75, 3.05) is 6.54 Å². The van der Waals surface area contributed by atoms with Crippen molar-refractivity contribution in [3.8, 4) is 0 Å². The maximum atomic E-state index is 4.44. The molecule has 102 valence electrons. The number of hydrogen-bond donors (Lipinski definition) is 1. The van der Waals surface area contributed by atoms with Crippen LogP contribution in [0.25, 0.3) is 0 Å². The molecule has 0 bridgehead atoms. The number of benzene rings is 1. The highest BCUT2D eigenvalue weighted by molar-refractivity contribution is 5.34. The van der Waals surface area contributed by atoms with E-state index in [2.05, 4.69) is 66.2 Å². The number of hydrogen-bond acceptors (Lipinski definition) is 2. The molecular weight excluding hydrogens is 234 g/mol. The lowest BCUT2D eigenvalue weighted by Crippen LogP contribution is -2.25. The molecule has 1 unspecified atom stereocenters. The van der Waals surface area contributed by atoms with Crippen LogP contribution >= 0.6 is 0 Å². The van der Waals surface area contributed by atoms with Gasteiger partial charge in [0.25, 0.3) is 0 Å². The third-order valence-corrected chi connectivity index (χ3v) is 3.39. The van der Waals surface area contributed by atoms with E-state index in [1.807, 2.05) is 6.20 Å². The Kier molecular flexibility index (Phi) is 4.74. The molecule has 0 aliphatic rings. The molecule has 1 aromatic carbocycles. The predicted octanol–water partition coefficient (Wildman–Crippen LogP) is 3.30. The Bertz CT molecular complexity index is 516. The molecule has 0 amide bonds. The molecule has 0 radical (unpaired) electrons. The fourth-order valence-corrected chi connectivity index (χ4v) is 2.48. The summed E-state index contributed by atoms with van der Waals surface area (Å²) in [6, 6.07) is 10.9. The number of nitrogens with one attached hydrogen (secondary N) is 1. The van der Waals surface area contributed by atoms with E-state index in [4.69, 9.17) is 0 Å². The molecule has 2 aromatic rings. The van der Waals surface area contributed by atoms with Crippen molar-refractivity contribution < 1.29 is 0 Å².